The third-order valence-electron chi connectivity index (χ3n) is 4.34. The van der Waals surface area contributed by atoms with E-state index in [9.17, 15) is 4.79 Å². The van der Waals surface area contributed by atoms with Crippen LogP contribution >= 0.6 is 0 Å². The van der Waals surface area contributed by atoms with E-state index in [2.05, 4.69) is 40.7 Å². The lowest BCUT2D eigenvalue weighted by molar-refractivity contribution is -0.118. The first-order chi connectivity index (χ1) is 12.1. The highest BCUT2D eigenvalue weighted by Crippen LogP contribution is 2.24. The number of nitrogens with one attached hydrogen (secondary N) is 1. The molecule has 4 rings (SSSR count). The van der Waals surface area contributed by atoms with E-state index in [0.717, 1.165) is 22.3 Å². The minimum Gasteiger partial charge on any atom is -0.326 e. The Morgan fingerprint density at radius 1 is 0.960 bits per heavy atom. The molecule has 0 spiro atoms. The van der Waals surface area contributed by atoms with Gasteiger partial charge >= 0.3 is 0 Å². The molecular formula is C21H19N3O. The maximum atomic E-state index is 12.0. The van der Waals surface area contributed by atoms with Crippen LogP contribution in [0.2, 0.25) is 0 Å². The van der Waals surface area contributed by atoms with Crippen LogP contribution in [0.15, 0.2) is 66.9 Å². The van der Waals surface area contributed by atoms with Crippen molar-refractivity contribution < 1.29 is 4.79 Å². The lowest BCUT2D eigenvalue weighted by atomic mass is 10.1. The molecule has 4 heteroatoms. The topological polar surface area (TPSA) is 46.9 Å². The fourth-order valence-electron chi connectivity index (χ4n) is 2.90. The number of fused-ring (bicyclic) bond motifs is 2. The second-order valence-electron chi connectivity index (χ2n) is 6.51. The fourth-order valence-corrected chi connectivity index (χ4v) is 2.90. The van der Waals surface area contributed by atoms with E-state index in [4.69, 9.17) is 0 Å². The molecule has 0 atom stereocenters. The SMILES string of the molecule is CC(C)C(=O)Nc1ccc2cnn(-c3ccc4ccccc4c3)c2c1. The molecule has 4 nitrogen and oxygen atoms in total. The Morgan fingerprint density at radius 2 is 1.72 bits per heavy atom. The Morgan fingerprint density at radius 3 is 2.52 bits per heavy atom. The Hall–Kier alpha value is -3.14. The number of hydrogen-bond donors (Lipinski definition) is 1. The molecule has 1 aromatic heterocycles. The summed E-state index contributed by atoms with van der Waals surface area (Å²) in [5.74, 6) is -0.0442. The number of hydrogen-bond acceptors (Lipinski definition) is 2. The summed E-state index contributed by atoms with van der Waals surface area (Å²) in [6.07, 6.45) is 1.85. The van der Waals surface area contributed by atoms with Crippen molar-refractivity contribution in [2.24, 2.45) is 5.92 Å². The number of aromatic nitrogens is 2. The first kappa shape index (κ1) is 15.4. The summed E-state index contributed by atoms with van der Waals surface area (Å²) in [7, 11) is 0. The second-order valence-corrected chi connectivity index (χ2v) is 6.51. The fraction of sp³-hybridized carbons (Fsp3) is 0.143. The molecule has 25 heavy (non-hydrogen) atoms. The predicted molar refractivity (Wildman–Crippen MR) is 102 cm³/mol. The highest BCUT2D eigenvalue weighted by molar-refractivity contribution is 5.95. The molecule has 4 aromatic rings. The van der Waals surface area contributed by atoms with Gasteiger partial charge in [-0.05, 0) is 41.1 Å². The molecule has 0 saturated heterocycles. The molecule has 0 bridgehead atoms. The number of carbonyl (C=O) groups excluding carboxylic acids is 1. The zero-order valence-electron chi connectivity index (χ0n) is 14.2. The number of rotatable bonds is 3. The molecule has 0 unspecified atom stereocenters. The van der Waals surface area contributed by atoms with E-state index < -0.39 is 0 Å². The average molecular weight is 329 g/mol. The van der Waals surface area contributed by atoms with Crippen LogP contribution in [0.3, 0.4) is 0 Å². The molecule has 0 aliphatic heterocycles. The number of benzene rings is 3. The Bertz CT molecular complexity index is 1080. The zero-order chi connectivity index (χ0) is 17.4. The highest BCUT2D eigenvalue weighted by Gasteiger charge is 2.10. The van der Waals surface area contributed by atoms with Crippen LogP contribution in [0.1, 0.15) is 13.8 Å². The van der Waals surface area contributed by atoms with Crippen LogP contribution in [-0.4, -0.2) is 15.7 Å². The molecule has 124 valence electrons. The molecule has 3 aromatic carbocycles. The quantitative estimate of drug-likeness (QED) is 0.588. The molecule has 0 saturated carbocycles. The van der Waals surface area contributed by atoms with E-state index in [0.29, 0.717) is 0 Å². The van der Waals surface area contributed by atoms with Gasteiger partial charge in [-0.1, -0.05) is 44.2 Å². The van der Waals surface area contributed by atoms with Gasteiger partial charge in [-0.2, -0.15) is 5.10 Å². The number of amides is 1. The second kappa shape index (κ2) is 6.06. The minimum absolute atomic E-state index is 0.0103. The number of carbonyl (C=O) groups is 1. The molecule has 0 aliphatic carbocycles. The van der Waals surface area contributed by atoms with Crippen molar-refractivity contribution >= 4 is 33.3 Å². The molecular weight excluding hydrogens is 310 g/mol. The Labute approximate surface area is 146 Å². The van der Waals surface area contributed by atoms with Gasteiger partial charge in [0.1, 0.15) is 0 Å². The monoisotopic (exact) mass is 329 g/mol. The largest absolute Gasteiger partial charge is 0.326 e. The number of anilines is 1. The van der Waals surface area contributed by atoms with Crippen molar-refractivity contribution in [3.8, 4) is 5.69 Å². The summed E-state index contributed by atoms with van der Waals surface area (Å²) in [5.41, 5.74) is 2.76. The van der Waals surface area contributed by atoms with Crippen LogP contribution in [0.25, 0.3) is 27.4 Å². The van der Waals surface area contributed by atoms with Crippen LogP contribution in [0.5, 0.6) is 0 Å². The first-order valence-corrected chi connectivity index (χ1v) is 8.40. The molecule has 0 fully saturated rings. The normalized spacial score (nSPS) is 11.3. The van der Waals surface area contributed by atoms with E-state index >= 15 is 0 Å². The van der Waals surface area contributed by atoms with Crippen molar-refractivity contribution in [2.75, 3.05) is 5.32 Å². The summed E-state index contributed by atoms with van der Waals surface area (Å²) < 4.78 is 1.91. The summed E-state index contributed by atoms with van der Waals surface area (Å²) in [4.78, 5) is 12.0. The zero-order valence-corrected chi connectivity index (χ0v) is 14.2. The van der Waals surface area contributed by atoms with E-state index in [1.165, 1.54) is 10.8 Å². The van der Waals surface area contributed by atoms with Crippen LogP contribution < -0.4 is 5.32 Å². The third-order valence-corrected chi connectivity index (χ3v) is 4.34. The summed E-state index contributed by atoms with van der Waals surface area (Å²) in [5, 5.41) is 10.9. The summed E-state index contributed by atoms with van der Waals surface area (Å²) >= 11 is 0. The van der Waals surface area contributed by atoms with Gasteiger partial charge in [0.05, 0.1) is 17.4 Å². The third kappa shape index (κ3) is 2.87. The maximum absolute atomic E-state index is 12.0. The van der Waals surface area contributed by atoms with Gasteiger partial charge in [0.15, 0.2) is 0 Å². The molecule has 1 N–H and O–H groups in total. The Balaban J connectivity index is 1.79. The average Bonchev–Trinajstić information content (AvgIpc) is 3.04. The van der Waals surface area contributed by atoms with Crippen molar-refractivity contribution in [3.05, 3.63) is 66.9 Å². The predicted octanol–water partition coefficient (Wildman–Crippen LogP) is 4.77. The van der Waals surface area contributed by atoms with Crippen LogP contribution in [-0.2, 0) is 4.79 Å². The van der Waals surface area contributed by atoms with Crippen molar-refractivity contribution in [1.82, 2.24) is 9.78 Å². The van der Waals surface area contributed by atoms with Gasteiger partial charge in [-0.25, -0.2) is 4.68 Å². The van der Waals surface area contributed by atoms with E-state index in [1.807, 2.05) is 55.1 Å². The highest BCUT2D eigenvalue weighted by atomic mass is 16.1. The van der Waals surface area contributed by atoms with Gasteiger partial charge in [0.2, 0.25) is 5.91 Å². The van der Waals surface area contributed by atoms with Gasteiger partial charge in [-0.3, -0.25) is 4.79 Å². The smallest absolute Gasteiger partial charge is 0.226 e. The van der Waals surface area contributed by atoms with Gasteiger partial charge < -0.3 is 5.32 Å². The first-order valence-electron chi connectivity index (χ1n) is 8.40. The van der Waals surface area contributed by atoms with Crippen molar-refractivity contribution in [3.63, 3.8) is 0 Å². The molecule has 0 radical (unpaired) electrons. The van der Waals surface area contributed by atoms with Gasteiger partial charge in [0, 0.05) is 17.0 Å². The van der Waals surface area contributed by atoms with E-state index in [1.54, 1.807) is 0 Å². The molecule has 1 heterocycles. The summed E-state index contributed by atoms with van der Waals surface area (Å²) in [6.45, 7) is 3.76. The van der Waals surface area contributed by atoms with E-state index in [-0.39, 0.29) is 11.8 Å². The summed E-state index contributed by atoms with van der Waals surface area (Å²) in [6, 6.07) is 20.4. The Kier molecular flexibility index (Phi) is 3.73. The standard InChI is InChI=1S/C21H19N3O/c1-14(2)21(25)23-18-9-7-17-13-22-24(20(17)12-18)19-10-8-15-5-3-4-6-16(15)11-19/h3-14H,1-2H3,(H,23,25). The number of nitrogens with zero attached hydrogens (tertiary/aromatic N) is 2. The molecule has 1 amide bonds. The lowest BCUT2D eigenvalue weighted by Gasteiger charge is -2.09. The maximum Gasteiger partial charge on any atom is 0.226 e. The lowest BCUT2D eigenvalue weighted by Crippen LogP contribution is -2.17. The van der Waals surface area contributed by atoms with Gasteiger partial charge in [0.25, 0.3) is 0 Å². The minimum atomic E-state index is -0.0545. The van der Waals surface area contributed by atoms with Gasteiger partial charge in [-0.15, -0.1) is 0 Å². The molecule has 0 aliphatic rings. The van der Waals surface area contributed by atoms with Crippen LogP contribution in [0, 0.1) is 5.92 Å². The van der Waals surface area contributed by atoms with Crippen LogP contribution in [0.4, 0.5) is 5.69 Å². The van der Waals surface area contributed by atoms with Crippen molar-refractivity contribution in [2.45, 2.75) is 13.8 Å². The van der Waals surface area contributed by atoms with Crippen molar-refractivity contribution in [1.29, 1.82) is 0 Å².